The third-order valence-corrected chi connectivity index (χ3v) is 3.75. The van der Waals surface area contributed by atoms with Gasteiger partial charge in [-0.05, 0) is 44.2 Å². The van der Waals surface area contributed by atoms with Gasteiger partial charge in [-0.25, -0.2) is 0 Å². The van der Waals surface area contributed by atoms with E-state index in [1.165, 1.54) is 32.4 Å². The Morgan fingerprint density at radius 2 is 1.87 bits per heavy atom. The van der Waals surface area contributed by atoms with Crippen LogP contribution in [0.2, 0.25) is 0 Å². The van der Waals surface area contributed by atoms with Crippen LogP contribution in [0.5, 0.6) is 0 Å². The van der Waals surface area contributed by atoms with Gasteiger partial charge in [0, 0.05) is 20.0 Å². The summed E-state index contributed by atoms with van der Waals surface area (Å²) in [6.45, 7) is 6.03. The molecule has 88 valence electrons. The molecule has 1 N–H and O–H groups in total. The molecule has 4 heteroatoms. The molecule has 2 aliphatic rings. The number of hydrogen-bond donors (Lipinski definition) is 1. The van der Waals surface area contributed by atoms with E-state index in [1.807, 2.05) is 4.90 Å². The van der Waals surface area contributed by atoms with Crippen molar-refractivity contribution in [2.24, 2.45) is 11.8 Å². The highest BCUT2D eigenvalue weighted by molar-refractivity contribution is 5.85. The lowest BCUT2D eigenvalue weighted by Crippen LogP contribution is -2.39. The van der Waals surface area contributed by atoms with Crippen LogP contribution in [-0.2, 0) is 4.79 Å². The van der Waals surface area contributed by atoms with Gasteiger partial charge in [-0.2, -0.15) is 0 Å². The normalized spacial score (nSPS) is 27.5. The fourth-order valence-corrected chi connectivity index (χ4v) is 2.77. The predicted octanol–water partition coefficient (Wildman–Crippen LogP) is 1.28. The summed E-state index contributed by atoms with van der Waals surface area (Å²) in [7, 11) is 0. The molecular weight excluding hydrogens is 212 g/mol. The van der Waals surface area contributed by atoms with E-state index < -0.39 is 0 Å². The third kappa shape index (κ3) is 3.08. The van der Waals surface area contributed by atoms with E-state index in [4.69, 9.17) is 0 Å². The second kappa shape index (κ2) is 5.71. The molecule has 2 aliphatic heterocycles. The molecule has 0 aliphatic carbocycles. The van der Waals surface area contributed by atoms with E-state index in [0.29, 0.717) is 0 Å². The van der Waals surface area contributed by atoms with Gasteiger partial charge >= 0.3 is 0 Å². The smallest absolute Gasteiger partial charge is 0.219 e. The number of amides is 1. The number of hydrogen-bond acceptors (Lipinski definition) is 2. The van der Waals surface area contributed by atoms with E-state index >= 15 is 0 Å². The number of piperidine rings is 1. The molecule has 1 unspecified atom stereocenters. The fraction of sp³-hybridized carbons (Fsp3) is 0.909. The first-order valence-electron chi connectivity index (χ1n) is 5.73. The summed E-state index contributed by atoms with van der Waals surface area (Å²) < 4.78 is 0. The number of nitrogens with one attached hydrogen (secondary N) is 1. The van der Waals surface area contributed by atoms with Crippen molar-refractivity contribution >= 4 is 18.3 Å². The van der Waals surface area contributed by atoms with E-state index in [-0.39, 0.29) is 18.3 Å². The van der Waals surface area contributed by atoms with Crippen LogP contribution >= 0.6 is 12.4 Å². The molecule has 0 aromatic carbocycles. The highest BCUT2D eigenvalue weighted by Gasteiger charge is 2.28. The quantitative estimate of drug-likeness (QED) is 0.739. The summed E-state index contributed by atoms with van der Waals surface area (Å²) in [4.78, 5) is 13.1. The first-order valence-corrected chi connectivity index (χ1v) is 5.73. The van der Waals surface area contributed by atoms with Crippen LogP contribution in [0.4, 0.5) is 0 Å². The Morgan fingerprint density at radius 1 is 1.20 bits per heavy atom. The number of likely N-dealkylation sites (tertiary alicyclic amines) is 1. The fourth-order valence-electron chi connectivity index (χ4n) is 2.77. The van der Waals surface area contributed by atoms with E-state index in [1.54, 1.807) is 6.92 Å². The Bertz CT molecular complexity index is 209. The Labute approximate surface area is 98.0 Å². The molecule has 1 atom stereocenters. The van der Waals surface area contributed by atoms with Crippen molar-refractivity contribution in [3.8, 4) is 0 Å². The molecule has 15 heavy (non-hydrogen) atoms. The molecule has 2 heterocycles. The van der Waals surface area contributed by atoms with Crippen molar-refractivity contribution in [2.45, 2.75) is 26.2 Å². The zero-order chi connectivity index (χ0) is 9.97. The van der Waals surface area contributed by atoms with Crippen LogP contribution in [0, 0.1) is 11.8 Å². The average molecular weight is 233 g/mol. The lowest BCUT2D eigenvalue weighted by molar-refractivity contribution is -0.130. The molecule has 1 amide bonds. The van der Waals surface area contributed by atoms with Crippen molar-refractivity contribution < 1.29 is 4.79 Å². The lowest BCUT2D eigenvalue weighted by Gasteiger charge is -2.34. The van der Waals surface area contributed by atoms with Crippen molar-refractivity contribution in [3.05, 3.63) is 0 Å². The molecule has 0 radical (unpaired) electrons. The zero-order valence-corrected chi connectivity index (χ0v) is 10.2. The van der Waals surface area contributed by atoms with E-state index in [0.717, 1.165) is 24.9 Å². The monoisotopic (exact) mass is 232 g/mol. The Balaban J connectivity index is 0.00000112. The molecule has 0 bridgehead atoms. The van der Waals surface area contributed by atoms with Crippen LogP contribution in [0.25, 0.3) is 0 Å². The van der Waals surface area contributed by atoms with Crippen LogP contribution < -0.4 is 5.32 Å². The van der Waals surface area contributed by atoms with Gasteiger partial charge < -0.3 is 10.2 Å². The van der Waals surface area contributed by atoms with Crippen LogP contribution in [0.15, 0.2) is 0 Å². The number of carbonyl (C=O) groups is 1. The van der Waals surface area contributed by atoms with Gasteiger partial charge in [-0.3, -0.25) is 4.79 Å². The topological polar surface area (TPSA) is 32.3 Å². The van der Waals surface area contributed by atoms with Gasteiger partial charge in [-0.15, -0.1) is 12.4 Å². The molecular formula is C11H21ClN2O. The minimum Gasteiger partial charge on any atom is -0.343 e. The second-order valence-electron chi connectivity index (χ2n) is 4.60. The van der Waals surface area contributed by atoms with Crippen molar-refractivity contribution in [2.75, 3.05) is 26.2 Å². The highest BCUT2D eigenvalue weighted by Crippen LogP contribution is 2.28. The van der Waals surface area contributed by atoms with Gasteiger partial charge in [-0.1, -0.05) is 0 Å². The molecule has 3 nitrogen and oxygen atoms in total. The summed E-state index contributed by atoms with van der Waals surface area (Å²) >= 11 is 0. The van der Waals surface area contributed by atoms with E-state index in [2.05, 4.69) is 5.32 Å². The predicted molar refractivity (Wildman–Crippen MR) is 63.2 cm³/mol. The Kier molecular flexibility index (Phi) is 4.87. The first kappa shape index (κ1) is 12.8. The van der Waals surface area contributed by atoms with Gasteiger partial charge in [0.15, 0.2) is 0 Å². The maximum atomic E-state index is 11.1. The van der Waals surface area contributed by atoms with Crippen LogP contribution in [-0.4, -0.2) is 37.0 Å². The summed E-state index contributed by atoms with van der Waals surface area (Å²) in [5, 5.41) is 3.42. The average Bonchev–Trinajstić information content (AvgIpc) is 2.71. The standard InChI is InChI=1S/C11H20N2O.ClH/c1-9(14)13-6-3-10(4-7-13)11-2-5-12-8-11;/h10-12H,2-8H2,1H3;1H. The summed E-state index contributed by atoms with van der Waals surface area (Å²) in [6.07, 6.45) is 3.77. The van der Waals surface area contributed by atoms with E-state index in [9.17, 15) is 4.79 Å². The molecule has 0 saturated carbocycles. The van der Waals surface area contributed by atoms with Gasteiger partial charge in [0.05, 0.1) is 0 Å². The van der Waals surface area contributed by atoms with Gasteiger partial charge in [0.25, 0.3) is 0 Å². The first-order chi connectivity index (χ1) is 6.77. The summed E-state index contributed by atoms with van der Waals surface area (Å²) in [5.41, 5.74) is 0. The highest BCUT2D eigenvalue weighted by atomic mass is 35.5. The zero-order valence-electron chi connectivity index (χ0n) is 9.37. The summed E-state index contributed by atoms with van der Waals surface area (Å²) in [5.74, 6) is 1.98. The van der Waals surface area contributed by atoms with Crippen LogP contribution in [0.3, 0.4) is 0 Å². The SMILES string of the molecule is CC(=O)N1CCC(C2CCNC2)CC1.Cl. The maximum absolute atomic E-state index is 11.1. The second-order valence-corrected chi connectivity index (χ2v) is 4.60. The molecule has 0 aromatic heterocycles. The van der Waals surface area contributed by atoms with Crippen molar-refractivity contribution in [1.29, 1.82) is 0 Å². The maximum Gasteiger partial charge on any atom is 0.219 e. The third-order valence-electron chi connectivity index (χ3n) is 3.75. The Hall–Kier alpha value is -0.280. The minimum absolute atomic E-state index is 0. The Morgan fingerprint density at radius 3 is 2.33 bits per heavy atom. The number of carbonyl (C=O) groups excluding carboxylic acids is 1. The van der Waals surface area contributed by atoms with Gasteiger partial charge in [0.1, 0.15) is 0 Å². The number of halogens is 1. The van der Waals surface area contributed by atoms with Crippen molar-refractivity contribution in [3.63, 3.8) is 0 Å². The number of rotatable bonds is 1. The van der Waals surface area contributed by atoms with Crippen LogP contribution in [0.1, 0.15) is 26.2 Å². The molecule has 2 rings (SSSR count). The van der Waals surface area contributed by atoms with Crippen molar-refractivity contribution in [1.82, 2.24) is 10.2 Å². The molecule has 0 spiro atoms. The van der Waals surface area contributed by atoms with Gasteiger partial charge in [0.2, 0.25) is 5.91 Å². The molecule has 0 aromatic rings. The largest absolute Gasteiger partial charge is 0.343 e. The number of nitrogens with zero attached hydrogens (tertiary/aromatic N) is 1. The summed E-state index contributed by atoms with van der Waals surface area (Å²) in [6, 6.07) is 0. The molecule has 2 saturated heterocycles. The molecule has 2 fully saturated rings. The minimum atomic E-state index is 0. The lowest BCUT2D eigenvalue weighted by atomic mass is 9.84.